The summed E-state index contributed by atoms with van der Waals surface area (Å²) in [5.74, 6) is -2.33. The first kappa shape index (κ1) is 19.0. The van der Waals surface area contributed by atoms with Crippen LogP contribution in [0.25, 0.3) is 0 Å². The van der Waals surface area contributed by atoms with E-state index in [1.807, 2.05) is 11.5 Å². The molecule has 0 spiro atoms. The van der Waals surface area contributed by atoms with Gasteiger partial charge in [0.1, 0.15) is 15.3 Å². The number of hydrogen-bond donors (Lipinski definition) is 1. The molecule has 1 aromatic heterocycles. The average molecular weight is 479 g/mol. The molecule has 2 heterocycles. The minimum Gasteiger partial charge on any atom is -0.465 e. The van der Waals surface area contributed by atoms with Gasteiger partial charge in [0.25, 0.3) is 0 Å². The third-order valence-corrected chi connectivity index (χ3v) is 5.41. The molecule has 1 N–H and O–H groups in total. The summed E-state index contributed by atoms with van der Waals surface area (Å²) >= 11 is 2.06. The third-order valence-electron chi connectivity index (χ3n) is 4.61. The van der Waals surface area contributed by atoms with Crippen molar-refractivity contribution in [1.82, 2.24) is 14.5 Å². The van der Waals surface area contributed by atoms with E-state index in [4.69, 9.17) is 0 Å². The predicted octanol–water partition coefficient (Wildman–Crippen LogP) is 4.13. The molecule has 0 radical (unpaired) electrons. The Balaban J connectivity index is 1.94. The highest BCUT2D eigenvalue weighted by Crippen LogP contribution is 2.34. The molecule has 0 bridgehead atoms. The number of carboxylic acid groups (broad SMARTS) is 1. The molecule has 26 heavy (non-hydrogen) atoms. The van der Waals surface area contributed by atoms with Crippen LogP contribution >= 0.6 is 22.6 Å². The molecule has 0 saturated heterocycles. The van der Waals surface area contributed by atoms with E-state index < -0.39 is 29.6 Å². The lowest BCUT2D eigenvalue weighted by Crippen LogP contribution is -2.42. The molecule has 0 aliphatic carbocycles. The van der Waals surface area contributed by atoms with Gasteiger partial charge >= 0.3 is 6.09 Å². The molecule has 9 heteroatoms. The molecule has 1 aliphatic heterocycles. The van der Waals surface area contributed by atoms with Crippen LogP contribution in [0.4, 0.5) is 18.0 Å². The van der Waals surface area contributed by atoms with Crippen LogP contribution in [0.3, 0.4) is 0 Å². The highest BCUT2D eigenvalue weighted by molar-refractivity contribution is 14.1. The zero-order chi connectivity index (χ0) is 19.0. The maximum absolute atomic E-state index is 13.9. The normalized spacial score (nSPS) is 16.7. The Labute approximate surface area is 162 Å². The van der Waals surface area contributed by atoms with E-state index in [0.29, 0.717) is 22.7 Å². The fraction of sp³-hybridized carbons (Fsp3) is 0.412. The van der Waals surface area contributed by atoms with E-state index in [-0.39, 0.29) is 24.9 Å². The Kier molecular flexibility index (Phi) is 5.44. The fourth-order valence-corrected chi connectivity index (χ4v) is 4.36. The van der Waals surface area contributed by atoms with Crippen molar-refractivity contribution in [1.29, 1.82) is 0 Å². The number of aromatic nitrogens is 2. The fourth-order valence-electron chi connectivity index (χ4n) is 3.43. The topological polar surface area (TPSA) is 58.4 Å². The molecular weight excluding hydrogens is 462 g/mol. The van der Waals surface area contributed by atoms with Crippen LogP contribution in [-0.2, 0) is 19.4 Å². The molecular formula is C17H17F3IN3O2. The van der Waals surface area contributed by atoms with Gasteiger partial charge in [0.15, 0.2) is 11.6 Å². The molecule has 1 amide bonds. The lowest BCUT2D eigenvalue weighted by atomic mass is 10.00. The lowest BCUT2D eigenvalue weighted by molar-refractivity contribution is 0.106. The van der Waals surface area contributed by atoms with Crippen molar-refractivity contribution in [3.63, 3.8) is 0 Å². The van der Waals surface area contributed by atoms with Crippen LogP contribution in [0, 0.1) is 21.2 Å². The van der Waals surface area contributed by atoms with Gasteiger partial charge in [-0.15, -0.1) is 0 Å². The molecule has 0 fully saturated rings. The van der Waals surface area contributed by atoms with Crippen molar-refractivity contribution in [2.45, 2.75) is 38.8 Å². The second-order valence-corrected chi connectivity index (χ2v) is 7.12. The van der Waals surface area contributed by atoms with Gasteiger partial charge in [0.05, 0.1) is 11.7 Å². The van der Waals surface area contributed by atoms with Gasteiger partial charge in [-0.05, 0) is 47.1 Å². The number of rotatable bonds is 4. The largest absolute Gasteiger partial charge is 0.465 e. The number of aryl methyl sites for hydroxylation is 2. The minimum atomic E-state index is -1.24. The lowest BCUT2D eigenvalue weighted by Gasteiger charge is -2.35. The molecule has 5 nitrogen and oxygen atoms in total. The van der Waals surface area contributed by atoms with Crippen LogP contribution in [0.5, 0.6) is 0 Å². The molecule has 1 unspecified atom stereocenters. The first-order valence-electron chi connectivity index (χ1n) is 8.21. The van der Waals surface area contributed by atoms with Gasteiger partial charge in [0, 0.05) is 25.6 Å². The van der Waals surface area contributed by atoms with Gasteiger partial charge in [-0.1, -0.05) is 6.92 Å². The zero-order valence-corrected chi connectivity index (χ0v) is 16.1. The summed E-state index contributed by atoms with van der Waals surface area (Å²) in [5, 5.41) is 9.53. The molecule has 1 aliphatic rings. The van der Waals surface area contributed by atoms with Crippen molar-refractivity contribution in [2.75, 3.05) is 6.54 Å². The van der Waals surface area contributed by atoms with E-state index in [1.165, 1.54) is 4.90 Å². The van der Waals surface area contributed by atoms with E-state index in [9.17, 15) is 23.1 Å². The van der Waals surface area contributed by atoms with Gasteiger partial charge < -0.3 is 9.67 Å². The monoisotopic (exact) mass is 479 g/mol. The van der Waals surface area contributed by atoms with Crippen LogP contribution in [-0.4, -0.2) is 32.2 Å². The van der Waals surface area contributed by atoms with Crippen LogP contribution in [0.2, 0.25) is 0 Å². The first-order chi connectivity index (χ1) is 12.3. The zero-order valence-electron chi connectivity index (χ0n) is 14.0. The molecule has 140 valence electrons. The SMILES string of the molecule is CCc1nc(I)c2n1CCN(C(=O)O)C2CCc1cc(F)cc(F)c1F. The molecule has 3 rings (SSSR count). The summed E-state index contributed by atoms with van der Waals surface area (Å²) < 4.78 is 43.5. The summed E-state index contributed by atoms with van der Waals surface area (Å²) in [5.41, 5.74) is 0.656. The van der Waals surface area contributed by atoms with Crippen molar-refractivity contribution >= 4 is 28.7 Å². The van der Waals surface area contributed by atoms with E-state index in [0.717, 1.165) is 17.6 Å². The number of nitrogens with zero attached hydrogens (tertiary/aromatic N) is 3. The molecule has 1 aromatic carbocycles. The number of fused-ring (bicyclic) bond motifs is 1. The summed E-state index contributed by atoms with van der Waals surface area (Å²) in [6, 6.07) is 0.896. The molecule has 1 atom stereocenters. The van der Waals surface area contributed by atoms with Gasteiger partial charge in [-0.2, -0.15) is 0 Å². The van der Waals surface area contributed by atoms with Crippen molar-refractivity contribution < 1.29 is 23.1 Å². The number of halogens is 4. The smallest absolute Gasteiger partial charge is 0.407 e. The number of benzene rings is 1. The minimum absolute atomic E-state index is 0.0116. The van der Waals surface area contributed by atoms with Gasteiger partial charge in [-0.3, -0.25) is 4.90 Å². The quantitative estimate of drug-likeness (QED) is 0.530. The van der Waals surface area contributed by atoms with E-state index in [2.05, 4.69) is 27.6 Å². The number of hydrogen-bond acceptors (Lipinski definition) is 2. The highest BCUT2D eigenvalue weighted by Gasteiger charge is 2.34. The van der Waals surface area contributed by atoms with E-state index >= 15 is 0 Å². The Morgan fingerprint density at radius 1 is 1.35 bits per heavy atom. The van der Waals surface area contributed by atoms with Gasteiger partial charge in [0.2, 0.25) is 0 Å². The second kappa shape index (κ2) is 7.45. The number of amides is 1. The Hall–Kier alpha value is -1.78. The number of carbonyl (C=O) groups is 1. The van der Waals surface area contributed by atoms with Crippen LogP contribution in [0.1, 0.15) is 36.5 Å². The Morgan fingerprint density at radius 3 is 2.73 bits per heavy atom. The first-order valence-corrected chi connectivity index (χ1v) is 9.29. The van der Waals surface area contributed by atoms with Crippen molar-refractivity contribution in [3.8, 4) is 0 Å². The highest BCUT2D eigenvalue weighted by atomic mass is 127. The summed E-state index contributed by atoms with van der Waals surface area (Å²) in [7, 11) is 0. The third kappa shape index (κ3) is 3.40. The van der Waals surface area contributed by atoms with Crippen molar-refractivity contribution in [2.24, 2.45) is 0 Å². The summed E-state index contributed by atoms with van der Waals surface area (Å²) in [6.07, 6.45) is -0.157. The summed E-state index contributed by atoms with van der Waals surface area (Å²) in [6.45, 7) is 2.75. The predicted molar refractivity (Wildman–Crippen MR) is 96.4 cm³/mol. The second-order valence-electron chi connectivity index (χ2n) is 6.10. The van der Waals surface area contributed by atoms with Gasteiger partial charge in [-0.25, -0.2) is 22.9 Å². The maximum Gasteiger partial charge on any atom is 0.407 e. The Bertz CT molecular complexity index is 856. The standard InChI is InChI=1S/C17H17F3IN3O2/c1-2-13-22-16(21)15-12(23(17(25)26)5-6-24(13)15)4-3-9-7-10(18)8-11(19)14(9)20/h7-8,12H,2-6H2,1H3,(H,25,26). The maximum atomic E-state index is 13.9. The summed E-state index contributed by atoms with van der Waals surface area (Å²) in [4.78, 5) is 17.4. The van der Waals surface area contributed by atoms with Crippen LogP contribution < -0.4 is 0 Å². The average Bonchev–Trinajstić information content (AvgIpc) is 2.92. The molecule has 2 aromatic rings. The number of imidazole rings is 1. The van der Waals surface area contributed by atoms with Crippen molar-refractivity contribution in [3.05, 3.63) is 50.4 Å². The van der Waals surface area contributed by atoms with E-state index in [1.54, 1.807) is 0 Å². The Morgan fingerprint density at radius 2 is 2.08 bits per heavy atom. The molecule has 0 saturated carbocycles. The van der Waals surface area contributed by atoms with Crippen LogP contribution in [0.15, 0.2) is 12.1 Å².